The van der Waals surface area contributed by atoms with Crippen molar-refractivity contribution >= 4 is 38.8 Å². The largest absolute Gasteiger partial charge is 0.480 e. The van der Waals surface area contributed by atoms with Gasteiger partial charge >= 0.3 is 5.97 Å². The zero-order valence-corrected chi connectivity index (χ0v) is 18.6. The van der Waals surface area contributed by atoms with Gasteiger partial charge < -0.3 is 14.2 Å². The molecule has 0 spiro atoms. The first kappa shape index (κ1) is 22.9. The molecule has 34 heavy (non-hydrogen) atoms. The Morgan fingerprint density at radius 1 is 1.29 bits per heavy atom. The van der Waals surface area contributed by atoms with Crippen LogP contribution in [0.2, 0.25) is 5.02 Å². The van der Waals surface area contributed by atoms with Gasteiger partial charge in [-0.05, 0) is 18.2 Å². The van der Waals surface area contributed by atoms with Gasteiger partial charge in [0.05, 0.1) is 46.4 Å². The van der Waals surface area contributed by atoms with E-state index in [9.17, 15) is 28.0 Å². The Bertz CT molecular complexity index is 1620. The maximum atomic E-state index is 14.8. The van der Waals surface area contributed by atoms with Crippen LogP contribution in [0.25, 0.3) is 16.8 Å². The molecule has 0 aliphatic heterocycles. The van der Waals surface area contributed by atoms with Crippen molar-refractivity contribution < 1.29 is 27.4 Å². The standard InChI is InChI=1S/C20H12ClFN6O5S/c1-33-19-16(4-10(21)6-25-19)34(31,32)27-13-3-2-12(22)17(11(13)5-23)14-8-28-9-26-18(20(29)30)15(28)7-24-14/h2-4,6-9,27H,1H3,(H,29,30). The molecule has 0 bridgehead atoms. The van der Waals surface area contributed by atoms with Crippen LogP contribution in [0.3, 0.4) is 0 Å². The van der Waals surface area contributed by atoms with E-state index in [1.807, 2.05) is 0 Å². The Hall–Kier alpha value is -4.28. The molecule has 1 aromatic carbocycles. The lowest BCUT2D eigenvalue weighted by Crippen LogP contribution is -2.16. The number of aromatic nitrogens is 4. The molecule has 3 aromatic heterocycles. The van der Waals surface area contributed by atoms with Gasteiger partial charge in [-0.1, -0.05) is 11.6 Å². The number of nitriles is 1. The number of rotatable bonds is 6. The number of anilines is 1. The fourth-order valence-corrected chi connectivity index (χ4v) is 4.61. The normalized spacial score (nSPS) is 11.2. The van der Waals surface area contributed by atoms with Gasteiger partial charge in [-0.15, -0.1) is 0 Å². The number of nitrogens with zero attached hydrogens (tertiary/aromatic N) is 5. The van der Waals surface area contributed by atoms with Gasteiger partial charge in [-0.2, -0.15) is 5.26 Å². The third kappa shape index (κ3) is 3.96. The zero-order valence-electron chi connectivity index (χ0n) is 17.0. The van der Waals surface area contributed by atoms with Crippen LogP contribution in [0, 0.1) is 17.1 Å². The summed E-state index contributed by atoms with van der Waals surface area (Å²) in [5, 5.41) is 19.0. The van der Waals surface area contributed by atoms with Crippen molar-refractivity contribution in [3.8, 4) is 23.2 Å². The van der Waals surface area contributed by atoms with Crippen LogP contribution >= 0.6 is 11.6 Å². The number of hydrogen-bond donors (Lipinski definition) is 2. The van der Waals surface area contributed by atoms with Crippen molar-refractivity contribution in [3.63, 3.8) is 0 Å². The maximum Gasteiger partial charge on any atom is 0.356 e. The number of benzene rings is 1. The van der Waals surface area contributed by atoms with E-state index >= 15 is 0 Å². The molecule has 0 aliphatic carbocycles. The average Bonchev–Trinajstić information content (AvgIpc) is 3.23. The molecule has 3 heterocycles. The van der Waals surface area contributed by atoms with E-state index in [-0.39, 0.29) is 44.6 Å². The summed E-state index contributed by atoms with van der Waals surface area (Å²) in [6, 6.07) is 4.95. The van der Waals surface area contributed by atoms with Crippen LogP contribution in [0.15, 0.2) is 48.0 Å². The lowest BCUT2D eigenvalue weighted by atomic mass is 10.0. The van der Waals surface area contributed by atoms with Crippen molar-refractivity contribution in [2.24, 2.45) is 0 Å². The van der Waals surface area contributed by atoms with Gasteiger partial charge in [-0.3, -0.25) is 9.71 Å². The number of imidazole rings is 1. The fourth-order valence-electron chi connectivity index (χ4n) is 3.17. The number of fused-ring (bicyclic) bond motifs is 1. The molecule has 4 rings (SSSR count). The average molecular weight is 503 g/mol. The van der Waals surface area contributed by atoms with E-state index in [2.05, 4.69) is 19.7 Å². The first-order valence-electron chi connectivity index (χ1n) is 9.17. The van der Waals surface area contributed by atoms with Crippen molar-refractivity contribution in [2.45, 2.75) is 4.90 Å². The summed E-state index contributed by atoms with van der Waals surface area (Å²) in [6.45, 7) is 0. The highest BCUT2D eigenvalue weighted by Crippen LogP contribution is 2.33. The van der Waals surface area contributed by atoms with Gasteiger partial charge in [0.2, 0.25) is 5.88 Å². The fraction of sp³-hybridized carbons (Fsp3) is 0.0500. The second-order valence-electron chi connectivity index (χ2n) is 6.69. The second kappa shape index (κ2) is 8.58. The van der Waals surface area contributed by atoms with E-state index < -0.39 is 26.7 Å². The molecule has 172 valence electrons. The van der Waals surface area contributed by atoms with Gasteiger partial charge in [0.1, 0.15) is 18.2 Å². The number of carboxylic acids is 1. The summed E-state index contributed by atoms with van der Waals surface area (Å²) in [5.74, 6) is -2.37. The van der Waals surface area contributed by atoms with E-state index in [4.69, 9.17) is 16.3 Å². The summed E-state index contributed by atoms with van der Waals surface area (Å²) in [7, 11) is -3.14. The molecule has 0 radical (unpaired) electrons. The molecular weight excluding hydrogens is 491 g/mol. The summed E-state index contributed by atoms with van der Waals surface area (Å²) < 4.78 is 49.3. The quantitative estimate of drug-likeness (QED) is 0.404. The topological polar surface area (TPSA) is 160 Å². The van der Waals surface area contributed by atoms with Gasteiger partial charge in [-0.25, -0.2) is 27.6 Å². The van der Waals surface area contributed by atoms with Gasteiger partial charge in [0.15, 0.2) is 10.6 Å². The van der Waals surface area contributed by atoms with Crippen LogP contribution in [-0.2, 0) is 10.0 Å². The van der Waals surface area contributed by atoms with E-state index in [0.717, 1.165) is 24.4 Å². The molecule has 0 saturated heterocycles. The number of hydrogen-bond acceptors (Lipinski definition) is 8. The number of carboxylic acid groups (broad SMARTS) is 1. The molecule has 0 saturated carbocycles. The Morgan fingerprint density at radius 2 is 2.06 bits per heavy atom. The third-order valence-electron chi connectivity index (χ3n) is 4.66. The van der Waals surface area contributed by atoms with E-state index in [0.29, 0.717) is 0 Å². The van der Waals surface area contributed by atoms with E-state index in [1.165, 1.54) is 30.2 Å². The minimum absolute atomic E-state index is 0.0278. The molecule has 14 heteroatoms. The Balaban J connectivity index is 1.84. The van der Waals surface area contributed by atoms with Crippen LogP contribution in [0.1, 0.15) is 16.1 Å². The smallest absolute Gasteiger partial charge is 0.356 e. The van der Waals surface area contributed by atoms with Crippen molar-refractivity contribution in [1.29, 1.82) is 5.26 Å². The Morgan fingerprint density at radius 3 is 2.74 bits per heavy atom. The highest BCUT2D eigenvalue weighted by atomic mass is 35.5. The van der Waals surface area contributed by atoms with Crippen molar-refractivity contribution in [2.75, 3.05) is 11.8 Å². The first-order chi connectivity index (χ1) is 16.2. The van der Waals surface area contributed by atoms with Crippen LogP contribution in [-0.4, -0.2) is 46.0 Å². The predicted molar refractivity (Wildman–Crippen MR) is 117 cm³/mol. The summed E-state index contributed by atoms with van der Waals surface area (Å²) in [6.07, 6.45) is 4.82. The van der Waals surface area contributed by atoms with Crippen molar-refractivity contribution in [3.05, 3.63) is 65.2 Å². The van der Waals surface area contributed by atoms with Gasteiger partial charge in [0, 0.05) is 12.4 Å². The zero-order chi connectivity index (χ0) is 24.6. The molecular formula is C20H12ClFN6O5S. The number of ether oxygens (including phenoxy) is 1. The summed E-state index contributed by atoms with van der Waals surface area (Å²) in [5.41, 5.74) is -1.06. The minimum Gasteiger partial charge on any atom is -0.480 e. The SMILES string of the molecule is COc1ncc(Cl)cc1S(=O)(=O)Nc1ccc(F)c(-c2cn3cnc(C(=O)O)c3cn2)c1C#N. The van der Waals surface area contributed by atoms with Crippen LogP contribution in [0.4, 0.5) is 10.1 Å². The third-order valence-corrected chi connectivity index (χ3v) is 6.22. The van der Waals surface area contributed by atoms with Crippen LogP contribution in [0.5, 0.6) is 5.88 Å². The number of carbonyl (C=O) groups is 1. The molecule has 2 N–H and O–H groups in total. The summed E-state index contributed by atoms with van der Waals surface area (Å²) in [4.78, 5) is 22.5. The Labute approximate surface area is 196 Å². The highest BCUT2D eigenvalue weighted by molar-refractivity contribution is 7.92. The minimum atomic E-state index is -4.36. The number of methoxy groups -OCH3 is 1. The highest BCUT2D eigenvalue weighted by Gasteiger charge is 2.25. The number of nitrogens with one attached hydrogen (secondary N) is 1. The lowest BCUT2D eigenvalue weighted by molar-refractivity contribution is 0.0693. The first-order valence-corrected chi connectivity index (χ1v) is 11.0. The predicted octanol–water partition coefficient (Wildman–Crippen LogP) is 2.96. The molecule has 0 amide bonds. The van der Waals surface area contributed by atoms with E-state index in [1.54, 1.807) is 6.07 Å². The molecule has 11 nitrogen and oxygen atoms in total. The lowest BCUT2D eigenvalue weighted by Gasteiger charge is -2.14. The maximum absolute atomic E-state index is 14.8. The molecule has 4 aromatic rings. The number of pyridine rings is 1. The monoisotopic (exact) mass is 502 g/mol. The number of sulfonamides is 1. The Kier molecular flexibility index (Phi) is 5.78. The number of halogens is 2. The summed E-state index contributed by atoms with van der Waals surface area (Å²) >= 11 is 5.87. The molecule has 0 aliphatic rings. The van der Waals surface area contributed by atoms with Crippen molar-refractivity contribution in [1.82, 2.24) is 19.4 Å². The molecule has 0 atom stereocenters. The molecule has 0 unspecified atom stereocenters. The molecule has 0 fully saturated rings. The second-order valence-corrected chi connectivity index (χ2v) is 8.77. The van der Waals surface area contributed by atoms with Crippen LogP contribution < -0.4 is 9.46 Å². The van der Waals surface area contributed by atoms with Gasteiger partial charge in [0.25, 0.3) is 10.0 Å². The number of aromatic carboxylic acids is 1.